The van der Waals surface area contributed by atoms with Crippen molar-refractivity contribution in [3.63, 3.8) is 0 Å². The van der Waals surface area contributed by atoms with Crippen molar-refractivity contribution in [2.24, 2.45) is 5.90 Å². The van der Waals surface area contributed by atoms with E-state index >= 15 is 0 Å². The van der Waals surface area contributed by atoms with E-state index in [1.165, 1.54) is 0 Å². The summed E-state index contributed by atoms with van der Waals surface area (Å²) >= 11 is 0. The van der Waals surface area contributed by atoms with Crippen molar-refractivity contribution in [3.8, 4) is 0 Å². The first-order valence-electron chi connectivity index (χ1n) is 2.61. The highest BCUT2D eigenvalue weighted by molar-refractivity contribution is 5.77. The van der Waals surface area contributed by atoms with E-state index < -0.39 is 25.2 Å². The van der Waals surface area contributed by atoms with Crippen LogP contribution in [0.1, 0.15) is 0 Å². The number of alkyl halides is 3. The molecule has 1 amide bonds. The average Bonchev–Trinajstić information content (AvgIpc) is 1.83. The number of amides is 1. The van der Waals surface area contributed by atoms with Crippen LogP contribution < -0.4 is 11.2 Å². The normalized spacial score (nSPS) is 11.3. The molecule has 0 radical (unpaired) electrons. The van der Waals surface area contributed by atoms with Crippen LogP contribution in [0.4, 0.5) is 13.2 Å². The van der Waals surface area contributed by atoms with Gasteiger partial charge in [-0.05, 0) is 0 Å². The molecule has 0 heterocycles. The number of nitrogens with two attached hydrogens (primary N) is 1. The molecule has 3 N–H and O–H groups in total. The van der Waals surface area contributed by atoms with Crippen LogP contribution >= 0.6 is 0 Å². The largest absolute Gasteiger partial charge is 0.405 e. The van der Waals surface area contributed by atoms with Crippen LogP contribution in [0.3, 0.4) is 0 Å². The first-order valence-corrected chi connectivity index (χ1v) is 2.61. The van der Waals surface area contributed by atoms with Gasteiger partial charge in [-0.1, -0.05) is 0 Å². The molecule has 0 unspecified atom stereocenters. The highest BCUT2D eigenvalue weighted by Crippen LogP contribution is 2.11. The second kappa shape index (κ2) is 4.14. The van der Waals surface area contributed by atoms with Crippen LogP contribution in [0.25, 0.3) is 0 Å². The standard InChI is InChI=1S/C4H7F3N2O2/c5-4(6,7)2-9-3(10)1-11-8/h1-2,8H2,(H,9,10). The van der Waals surface area contributed by atoms with Crippen LogP contribution in [-0.2, 0) is 9.63 Å². The minimum absolute atomic E-state index is 0.573. The topological polar surface area (TPSA) is 64.3 Å². The van der Waals surface area contributed by atoms with Gasteiger partial charge in [-0.25, -0.2) is 5.90 Å². The Morgan fingerprint density at radius 2 is 2.09 bits per heavy atom. The number of nitrogens with one attached hydrogen (secondary N) is 1. The summed E-state index contributed by atoms with van der Waals surface area (Å²) < 4.78 is 34.1. The zero-order valence-corrected chi connectivity index (χ0v) is 5.44. The number of halogens is 3. The van der Waals surface area contributed by atoms with Crippen LogP contribution in [0, 0.1) is 0 Å². The Kier molecular flexibility index (Phi) is 3.83. The van der Waals surface area contributed by atoms with Gasteiger partial charge in [0.1, 0.15) is 13.2 Å². The third-order valence-electron chi connectivity index (χ3n) is 0.700. The number of carbonyl (C=O) groups excluding carboxylic acids is 1. The van der Waals surface area contributed by atoms with Gasteiger partial charge >= 0.3 is 6.18 Å². The van der Waals surface area contributed by atoms with Crippen molar-refractivity contribution in [1.29, 1.82) is 0 Å². The summed E-state index contributed by atoms with van der Waals surface area (Å²) in [4.78, 5) is 14.1. The maximum absolute atomic E-state index is 11.4. The van der Waals surface area contributed by atoms with E-state index in [4.69, 9.17) is 0 Å². The molecule has 0 spiro atoms. The summed E-state index contributed by atoms with van der Waals surface area (Å²) in [5, 5.41) is 1.55. The van der Waals surface area contributed by atoms with Gasteiger partial charge in [0.15, 0.2) is 0 Å². The van der Waals surface area contributed by atoms with E-state index in [9.17, 15) is 18.0 Å². The second-order valence-electron chi connectivity index (χ2n) is 1.70. The summed E-state index contributed by atoms with van der Waals surface area (Å²) in [6.07, 6.45) is -4.40. The van der Waals surface area contributed by atoms with E-state index in [-0.39, 0.29) is 0 Å². The fourth-order valence-electron chi connectivity index (χ4n) is 0.326. The van der Waals surface area contributed by atoms with Crippen molar-refractivity contribution < 1.29 is 22.8 Å². The molecule has 0 saturated carbocycles. The monoisotopic (exact) mass is 172 g/mol. The van der Waals surface area contributed by atoms with Gasteiger partial charge < -0.3 is 5.32 Å². The molecular weight excluding hydrogens is 165 g/mol. The molecule has 0 aromatic carbocycles. The minimum atomic E-state index is -4.40. The van der Waals surface area contributed by atoms with E-state index in [2.05, 4.69) is 10.7 Å². The lowest BCUT2D eigenvalue weighted by molar-refractivity contribution is -0.141. The van der Waals surface area contributed by atoms with Gasteiger partial charge in [-0.3, -0.25) is 9.63 Å². The highest BCUT2D eigenvalue weighted by Gasteiger charge is 2.27. The van der Waals surface area contributed by atoms with Crippen LogP contribution in [0.15, 0.2) is 0 Å². The molecule has 0 atom stereocenters. The lowest BCUT2D eigenvalue weighted by Crippen LogP contribution is -2.36. The number of hydrogen-bond acceptors (Lipinski definition) is 3. The molecule has 0 fully saturated rings. The fourth-order valence-corrected chi connectivity index (χ4v) is 0.326. The van der Waals surface area contributed by atoms with Crippen molar-refractivity contribution in [1.82, 2.24) is 5.32 Å². The second-order valence-corrected chi connectivity index (χ2v) is 1.70. The first kappa shape index (κ1) is 10.2. The van der Waals surface area contributed by atoms with Crippen molar-refractivity contribution in [3.05, 3.63) is 0 Å². The maximum atomic E-state index is 11.4. The quantitative estimate of drug-likeness (QED) is 0.567. The smallest absolute Gasteiger partial charge is 0.345 e. The van der Waals surface area contributed by atoms with Gasteiger partial charge in [0.25, 0.3) is 0 Å². The van der Waals surface area contributed by atoms with Crippen molar-refractivity contribution in [2.45, 2.75) is 6.18 Å². The molecule has 0 rings (SSSR count). The lowest BCUT2D eigenvalue weighted by atomic mass is 10.5. The highest BCUT2D eigenvalue weighted by atomic mass is 19.4. The predicted octanol–water partition coefficient (Wildman–Crippen LogP) is -0.445. The van der Waals surface area contributed by atoms with Gasteiger partial charge in [0.2, 0.25) is 5.91 Å². The first-order chi connectivity index (χ1) is 4.95. The number of carbonyl (C=O) groups is 1. The van der Waals surface area contributed by atoms with Gasteiger partial charge in [-0.15, -0.1) is 0 Å². The molecule has 11 heavy (non-hydrogen) atoms. The number of rotatable bonds is 3. The Morgan fingerprint density at radius 3 is 2.45 bits per heavy atom. The predicted molar refractivity (Wildman–Crippen MR) is 29.2 cm³/mol. The lowest BCUT2D eigenvalue weighted by Gasteiger charge is -2.06. The summed E-state index contributed by atoms with van der Waals surface area (Å²) in [7, 11) is 0. The maximum Gasteiger partial charge on any atom is 0.405 e. The summed E-state index contributed by atoms with van der Waals surface area (Å²) in [6.45, 7) is -1.94. The van der Waals surface area contributed by atoms with E-state index in [0.29, 0.717) is 0 Å². The summed E-state index contributed by atoms with van der Waals surface area (Å²) in [5.74, 6) is 3.53. The summed E-state index contributed by atoms with van der Waals surface area (Å²) in [6, 6.07) is 0. The summed E-state index contributed by atoms with van der Waals surface area (Å²) in [5.41, 5.74) is 0. The minimum Gasteiger partial charge on any atom is -0.345 e. The molecule has 0 aromatic rings. The zero-order chi connectivity index (χ0) is 8.91. The molecule has 0 bridgehead atoms. The average molecular weight is 172 g/mol. The molecular formula is C4H7F3N2O2. The van der Waals surface area contributed by atoms with E-state index in [0.717, 1.165) is 0 Å². The fraction of sp³-hybridized carbons (Fsp3) is 0.750. The molecule has 0 saturated heterocycles. The van der Waals surface area contributed by atoms with Gasteiger partial charge in [0.05, 0.1) is 0 Å². The van der Waals surface area contributed by atoms with Crippen LogP contribution in [0.2, 0.25) is 0 Å². The third kappa shape index (κ3) is 7.07. The molecule has 7 heteroatoms. The van der Waals surface area contributed by atoms with Crippen LogP contribution in [-0.4, -0.2) is 25.2 Å². The molecule has 0 aliphatic carbocycles. The van der Waals surface area contributed by atoms with Crippen molar-refractivity contribution >= 4 is 5.91 Å². The molecule has 66 valence electrons. The Bertz CT molecular complexity index is 136. The molecule has 0 aromatic heterocycles. The Morgan fingerprint density at radius 1 is 1.55 bits per heavy atom. The Hall–Kier alpha value is -0.820. The molecule has 0 aliphatic heterocycles. The molecule has 0 aliphatic rings. The third-order valence-corrected chi connectivity index (χ3v) is 0.700. The van der Waals surface area contributed by atoms with Gasteiger partial charge in [0, 0.05) is 0 Å². The number of hydrogen-bond donors (Lipinski definition) is 2. The SMILES string of the molecule is NOCC(=O)NCC(F)(F)F. The zero-order valence-electron chi connectivity index (χ0n) is 5.44. The van der Waals surface area contributed by atoms with Crippen molar-refractivity contribution in [2.75, 3.05) is 13.2 Å². The Labute approximate surface area is 60.4 Å². The molecule has 4 nitrogen and oxygen atoms in total. The Balaban J connectivity index is 3.46. The van der Waals surface area contributed by atoms with Gasteiger partial charge in [-0.2, -0.15) is 13.2 Å². The van der Waals surface area contributed by atoms with E-state index in [1.54, 1.807) is 5.32 Å². The van der Waals surface area contributed by atoms with E-state index in [1.807, 2.05) is 0 Å². The van der Waals surface area contributed by atoms with Crippen LogP contribution in [0.5, 0.6) is 0 Å².